The zero-order valence-electron chi connectivity index (χ0n) is 11.7. The largest absolute Gasteiger partial charge is 0.342 e. The molecule has 0 aliphatic heterocycles. The number of carbonyl (C=O) groups excluding carboxylic acids is 1. The minimum absolute atomic E-state index is 0.119. The van der Waals surface area contributed by atoms with Gasteiger partial charge in [0, 0.05) is 31.5 Å². The van der Waals surface area contributed by atoms with Crippen LogP contribution in [0.2, 0.25) is 0 Å². The summed E-state index contributed by atoms with van der Waals surface area (Å²) in [6.07, 6.45) is 3.58. The van der Waals surface area contributed by atoms with E-state index in [1.165, 1.54) is 0 Å². The van der Waals surface area contributed by atoms with Gasteiger partial charge in [0.15, 0.2) is 0 Å². The summed E-state index contributed by atoms with van der Waals surface area (Å²) in [4.78, 5) is 18.1. The van der Waals surface area contributed by atoms with Crippen LogP contribution in [0.25, 0.3) is 0 Å². The summed E-state index contributed by atoms with van der Waals surface area (Å²) in [7, 11) is 0. The third kappa shape index (κ3) is 3.81. The summed E-state index contributed by atoms with van der Waals surface area (Å²) < 4.78 is 0. The summed E-state index contributed by atoms with van der Waals surface area (Å²) in [6.45, 7) is 9.46. The van der Waals surface area contributed by atoms with E-state index in [-0.39, 0.29) is 18.0 Å². The number of pyridine rings is 1. The third-order valence-electron chi connectivity index (χ3n) is 3.13. The Morgan fingerprint density at radius 2 is 2.06 bits per heavy atom. The van der Waals surface area contributed by atoms with Crippen molar-refractivity contribution < 1.29 is 4.79 Å². The predicted octanol–water partition coefficient (Wildman–Crippen LogP) is 1.99. The van der Waals surface area contributed by atoms with Crippen LogP contribution in [-0.2, 0) is 4.79 Å². The minimum atomic E-state index is -0.180. The maximum absolute atomic E-state index is 12.1. The van der Waals surface area contributed by atoms with Gasteiger partial charge in [-0.05, 0) is 39.3 Å². The highest BCUT2D eigenvalue weighted by molar-refractivity contribution is 5.81. The molecule has 18 heavy (non-hydrogen) atoms. The van der Waals surface area contributed by atoms with E-state index in [4.69, 9.17) is 0 Å². The Balaban J connectivity index is 2.59. The molecule has 0 bridgehead atoms. The first-order chi connectivity index (χ1) is 8.60. The molecular formula is C14H23N3O. The molecule has 1 amide bonds. The lowest BCUT2D eigenvalue weighted by atomic mass is 10.1. The van der Waals surface area contributed by atoms with Gasteiger partial charge in [0.25, 0.3) is 0 Å². The van der Waals surface area contributed by atoms with Crippen molar-refractivity contribution >= 4 is 5.91 Å². The van der Waals surface area contributed by atoms with Crippen molar-refractivity contribution in [2.75, 3.05) is 13.1 Å². The van der Waals surface area contributed by atoms with Gasteiger partial charge < -0.3 is 4.90 Å². The van der Waals surface area contributed by atoms with Crippen LogP contribution < -0.4 is 5.32 Å². The first-order valence-corrected chi connectivity index (χ1v) is 6.54. The van der Waals surface area contributed by atoms with Gasteiger partial charge in [-0.15, -0.1) is 0 Å². The molecular weight excluding hydrogens is 226 g/mol. The topological polar surface area (TPSA) is 45.2 Å². The summed E-state index contributed by atoms with van der Waals surface area (Å²) in [5.41, 5.74) is 1.09. The van der Waals surface area contributed by atoms with Crippen molar-refractivity contribution in [2.45, 2.75) is 39.8 Å². The van der Waals surface area contributed by atoms with Crippen molar-refractivity contribution in [1.29, 1.82) is 0 Å². The highest BCUT2D eigenvalue weighted by Gasteiger charge is 2.19. The normalized spacial score (nSPS) is 14.0. The Bertz CT molecular complexity index is 363. The van der Waals surface area contributed by atoms with E-state index >= 15 is 0 Å². The first-order valence-electron chi connectivity index (χ1n) is 6.54. The summed E-state index contributed by atoms with van der Waals surface area (Å²) in [5.74, 6) is 0.149. The molecule has 1 aromatic rings. The van der Waals surface area contributed by atoms with Gasteiger partial charge >= 0.3 is 0 Å². The summed E-state index contributed by atoms with van der Waals surface area (Å²) in [5, 5.41) is 3.31. The average molecular weight is 249 g/mol. The van der Waals surface area contributed by atoms with Gasteiger partial charge in [0.1, 0.15) is 0 Å². The van der Waals surface area contributed by atoms with Gasteiger partial charge in [-0.25, -0.2) is 0 Å². The summed E-state index contributed by atoms with van der Waals surface area (Å²) >= 11 is 0. The first kappa shape index (κ1) is 14.6. The molecule has 100 valence electrons. The van der Waals surface area contributed by atoms with Gasteiger partial charge in [0.05, 0.1) is 6.04 Å². The second-order valence-electron chi connectivity index (χ2n) is 4.41. The Morgan fingerprint density at radius 3 is 2.56 bits per heavy atom. The van der Waals surface area contributed by atoms with Crippen LogP contribution in [0.5, 0.6) is 0 Å². The molecule has 2 unspecified atom stereocenters. The monoisotopic (exact) mass is 249 g/mol. The van der Waals surface area contributed by atoms with E-state index in [1.807, 2.05) is 50.9 Å². The number of nitrogens with zero attached hydrogens (tertiary/aromatic N) is 2. The van der Waals surface area contributed by atoms with E-state index in [1.54, 1.807) is 6.20 Å². The van der Waals surface area contributed by atoms with Crippen LogP contribution in [0.1, 0.15) is 39.3 Å². The van der Waals surface area contributed by atoms with Gasteiger partial charge in [-0.3, -0.25) is 15.1 Å². The smallest absolute Gasteiger partial charge is 0.239 e. The number of hydrogen-bond acceptors (Lipinski definition) is 3. The molecule has 0 aliphatic rings. The van der Waals surface area contributed by atoms with Crippen molar-refractivity contribution in [2.24, 2.45) is 0 Å². The number of nitrogens with one attached hydrogen (secondary N) is 1. The Hall–Kier alpha value is -1.42. The maximum Gasteiger partial charge on any atom is 0.239 e. The van der Waals surface area contributed by atoms with Crippen molar-refractivity contribution in [1.82, 2.24) is 15.2 Å². The summed E-state index contributed by atoms with van der Waals surface area (Å²) in [6, 6.07) is 3.86. The molecule has 1 heterocycles. The van der Waals surface area contributed by atoms with Gasteiger partial charge in [-0.1, -0.05) is 6.07 Å². The standard InChI is InChI=1S/C14H23N3O/c1-5-17(6-2)14(18)12(4)16-11(3)13-8-7-9-15-10-13/h7-12,16H,5-6H2,1-4H3. The molecule has 1 N–H and O–H groups in total. The SMILES string of the molecule is CCN(CC)C(=O)C(C)NC(C)c1cccnc1. The van der Waals surface area contributed by atoms with Crippen molar-refractivity contribution in [3.63, 3.8) is 0 Å². The van der Waals surface area contributed by atoms with E-state index in [9.17, 15) is 4.79 Å². The fourth-order valence-electron chi connectivity index (χ4n) is 1.98. The number of likely N-dealkylation sites (N-methyl/N-ethyl adjacent to an activating group) is 1. The van der Waals surface area contributed by atoms with E-state index in [2.05, 4.69) is 10.3 Å². The predicted molar refractivity (Wildman–Crippen MR) is 73.2 cm³/mol. The highest BCUT2D eigenvalue weighted by atomic mass is 16.2. The van der Waals surface area contributed by atoms with Crippen molar-refractivity contribution in [3.8, 4) is 0 Å². The third-order valence-corrected chi connectivity index (χ3v) is 3.13. The van der Waals surface area contributed by atoms with Crippen LogP contribution in [-0.4, -0.2) is 34.9 Å². The molecule has 2 atom stereocenters. The Kier molecular flexibility index (Phi) is 5.78. The van der Waals surface area contributed by atoms with Crippen LogP contribution in [0.4, 0.5) is 0 Å². The lowest BCUT2D eigenvalue weighted by Crippen LogP contribution is -2.45. The van der Waals surface area contributed by atoms with E-state index in [0.29, 0.717) is 0 Å². The van der Waals surface area contributed by atoms with Crippen LogP contribution in [0, 0.1) is 0 Å². The minimum Gasteiger partial charge on any atom is -0.342 e. The number of aromatic nitrogens is 1. The molecule has 4 nitrogen and oxygen atoms in total. The van der Waals surface area contributed by atoms with Crippen LogP contribution >= 0.6 is 0 Å². The Labute approximate surface area is 109 Å². The molecule has 0 spiro atoms. The molecule has 0 aromatic carbocycles. The maximum atomic E-state index is 12.1. The molecule has 0 fully saturated rings. The Morgan fingerprint density at radius 1 is 1.39 bits per heavy atom. The fourth-order valence-corrected chi connectivity index (χ4v) is 1.98. The zero-order valence-corrected chi connectivity index (χ0v) is 11.7. The van der Waals surface area contributed by atoms with E-state index < -0.39 is 0 Å². The molecule has 1 rings (SSSR count). The number of hydrogen-bond donors (Lipinski definition) is 1. The second kappa shape index (κ2) is 7.11. The number of amides is 1. The number of carbonyl (C=O) groups is 1. The van der Waals surface area contributed by atoms with Crippen molar-refractivity contribution in [3.05, 3.63) is 30.1 Å². The van der Waals surface area contributed by atoms with Crippen LogP contribution in [0.3, 0.4) is 0 Å². The van der Waals surface area contributed by atoms with E-state index in [0.717, 1.165) is 18.7 Å². The average Bonchev–Trinajstić information content (AvgIpc) is 2.40. The molecule has 0 aliphatic carbocycles. The van der Waals surface area contributed by atoms with Gasteiger partial charge in [0.2, 0.25) is 5.91 Å². The second-order valence-corrected chi connectivity index (χ2v) is 4.41. The molecule has 1 aromatic heterocycles. The lowest BCUT2D eigenvalue weighted by molar-refractivity contribution is -0.132. The lowest BCUT2D eigenvalue weighted by Gasteiger charge is -2.26. The molecule has 0 radical (unpaired) electrons. The highest BCUT2D eigenvalue weighted by Crippen LogP contribution is 2.11. The molecule has 0 saturated carbocycles. The van der Waals surface area contributed by atoms with Crippen LogP contribution in [0.15, 0.2) is 24.5 Å². The zero-order chi connectivity index (χ0) is 13.5. The van der Waals surface area contributed by atoms with Gasteiger partial charge in [-0.2, -0.15) is 0 Å². The fraction of sp³-hybridized carbons (Fsp3) is 0.571. The molecule has 4 heteroatoms. The number of rotatable bonds is 6. The molecule has 0 saturated heterocycles. The quantitative estimate of drug-likeness (QED) is 0.838.